The maximum absolute atomic E-state index is 13.5. The molecule has 0 radical (unpaired) electrons. The van der Waals surface area contributed by atoms with Crippen LogP contribution in [0.3, 0.4) is 0 Å². The Balaban J connectivity index is 0.00000243. The number of halogens is 2. The van der Waals surface area contributed by atoms with Crippen molar-refractivity contribution < 1.29 is 12.8 Å². The number of rotatable bonds is 3. The number of nitrogens with zero attached hydrogens (tertiary/aromatic N) is 2. The fourth-order valence-electron chi connectivity index (χ4n) is 3.44. The molecule has 0 bridgehead atoms. The molecular weight excluding hydrogens is 468 g/mol. The lowest BCUT2D eigenvalue weighted by Crippen LogP contribution is -2.57. The molecule has 5 nitrogen and oxygen atoms in total. The molecule has 1 saturated heterocycles. The van der Waals surface area contributed by atoms with Gasteiger partial charge in [0.2, 0.25) is 0 Å². The van der Waals surface area contributed by atoms with Gasteiger partial charge in [0.05, 0.1) is 10.5 Å². The number of guanidine groups is 1. The van der Waals surface area contributed by atoms with Crippen molar-refractivity contribution in [2.24, 2.45) is 4.99 Å². The van der Waals surface area contributed by atoms with Crippen molar-refractivity contribution in [2.45, 2.75) is 36.9 Å². The molecule has 1 aromatic carbocycles. The molecule has 2 aliphatic rings. The van der Waals surface area contributed by atoms with Crippen LogP contribution in [0.5, 0.6) is 0 Å². The van der Waals surface area contributed by atoms with Crippen LogP contribution in [0.1, 0.15) is 32.3 Å². The fourth-order valence-corrected chi connectivity index (χ4v) is 4.81. The molecule has 0 amide bonds. The summed E-state index contributed by atoms with van der Waals surface area (Å²) in [7, 11) is -1.37. The first kappa shape index (κ1) is 21.4. The van der Waals surface area contributed by atoms with Crippen molar-refractivity contribution in [2.75, 3.05) is 32.4 Å². The van der Waals surface area contributed by atoms with Gasteiger partial charge >= 0.3 is 0 Å². The number of hydrogen-bond acceptors (Lipinski definition) is 3. The van der Waals surface area contributed by atoms with Crippen LogP contribution in [0.4, 0.5) is 4.39 Å². The van der Waals surface area contributed by atoms with Crippen LogP contribution in [0.15, 0.2) is 29.3 Å². The summed E-state index contributed by atoms with van der Waals surface area (Å²) < 4.78 is 37.1. The number of sulfone groups is 1. The molecule has 1 aliphatic heterocycles. The smallest absolute Gasteiger partial charge is 0.193 e. The highest BCUT2D eigenvalue weighted by molar-refractivity contribution is 14.0. The Bertz CT molecular complexity index is 791. The molecule has 8 heteroatoms. The molecular formula is C18H27FIN3O2S. The standard InChI is InChI=1S/C18H26FN3O2S.HI/c1-17(2)13-22(9-10-25(17,23)24)16(20-3)21-12-18(7-8-18)14-5-4-6-15(19)11-14;/h4-6,11H,7-10,12-13H2,1-3H3,(H,20,21);1H. The Morgan fingerprint density at radius 3 is 2.58 bits per heavy atom. The molecule has 1 saturated carbocycles. The Kier molecular flexibility index (Phi) is 6.27. The average molecular weight is 495 g/mol. The van der Waals surface area contributed by atoms with E-state index >= 15 is 0 Å². The summed E-state index contributed by atoms with van der Waals surface area (Å²) in [6, 6.07) is 6.78. The topological polar surface area (TPSA) is 61.8 Å². The van der Waals surface area contributed by atoms with E-state index in [1.165, 1.54) is 6.07 Å². The number of hydrogen-bond donors (Lipinski definition) is 1. The van der Waals surface area contributed by atoms with Gasteiger partial charge in [0, 0.05) is 32.1 Å². The second-order valence-electron chi connectivity index (χ2n) is 7.69. The summed E-state index contributed by atoms with van der Waals surface area (Å²) >= 11 is 0. The van der Waals surface area contributed by atoms with Crippen LogP contribution in [0.2, 0.25) is 0 Å². The van der Waals surface area contributed by atoms with Crippen molar-refractivity contribution in [3.05, 3.63) is 35.6 Å². The lowest BCUT2D eigenvalue weighted by molar-refractivity contribution is 0.352. The number of benzene rings is 1. The second kappa shape index (κ2) is 7.61. The molecule has 1 aromatic rings. The highest BCUT2D eigenvalue weighted by Gasteiger charge is 2.45. The highest BCUT2D eigenvalue weighted by atomic mass is 127. The average Bonchev–Trinajstić information content (AvgIpc) is 3.32. The summed E-state index contributed by atoms with van der Waals surface area (Å²) in [5, 5.41) is 3.38. The maximum Gasteiger partial charge on any atom is 0.193 e. The minimum absolute atomic E-state index is 0. The molecule has 0 spiro atoms. The van der Waals surface area contributed by atoms with Crippen LogP contribution in [0.25, 0.3) is 0 Å². The molecule has 26 heavy (non-hydrogen) atoms. The van der Waals surface area contributed by atoms with Gasteiger partial charge in [-0.25, -0.2) is 12.8 Å². The molecule has 0 atom stereocenters. The summed E-state index contributed by atoms with van der Waals surface area (Å²) in [5.41, 5.74) is 0.965. The molecule has 1 heterocycles. The quantitative estimate of drug-likeness (QED) is 0.398. The van der Waals surface area contributed by atoms with Gasteiger partial charge in [-0.15, -0.1) is 24.0 Å². The van der Waals surface area contributed by atoms with E-state index in [1.54, 1.807) is 33.0 Å². The van der Waals surface area contributed by atoms with Gasteiger partial charge in [-0.2, -0.15) is 0 Å². The Hall–Kier alpha value is -0.900. The molecule has 0 aromatic heterocycles. The third kappa shape index (κ3) is 4.16. The molecule has 146 valence electrons. The first-order chi connectivity index (χ1) is 11.7. The van der Waals surface area contributed by atoms with Crippen molar-refractivity contribution in [1.82, 2.24) is 10.2 Å². The largest absolute Gasteiger partial charge is 0.355 e. The van der Waals surface area contributed by atoms with Crippen LogP contribution in [0, 0.1) is 5.82 Å². The Morgan fingerprint density at radius 1 is 1.35 bits per heavy atom. The van der Waals surface area contributed by atoms with E-state index in [0.717, 1.165) is 18.4 Å². The molecule has 0 unspecified atom stereocenters. The monoisotopic (exact) mass is 495 g/mol. The first-order valence-corrected chi connectivity index (χ1v) is 10.3. The summed E-state index contributed by atoms with van der Waals surface area (Å²) in [4.78, 5) is 6.33. The van der Waals surface area contributed by atoms with Crippen molar-refractivity contribution in [1.29, 1.82) is 0 Å². The van der Waals surface area contributed by atoms with Gasteiger partial charge < -0.3 is 10.2 Å². The minimum atomic E-state index is -3.08. The summed E-state index contributed by atoms with van der Waals surface area (Å²) in [6.45, 7) is 5.06. The zero-order valence-corrected chi connectivity index (χ0v) is 18.6. The highest BCUT2D eigenvalue weighted by Crippen LogP contribution is 2.47. The third-order valence-electron chi connectivity index (χ3n) is 5.43. The van der Waals surface area contributed by atoms with E-state index in [-0.39, 0.29) is 41.0 Å². The van der Waals surface area contributed by atoms with Crippen LogP contribution >= 0.6 is 24.0 Å². The predicted octanol–water partition coefficient (Wildman–Crippen LogP) is 2.56. The lowest BCUT2D eigenvalue weighted by Gasteiger charge is -2.39. The number of nitrogens with one attached hydrogen (secondary N) is 1. The normalized spacial score (nSPS) is 23.1. The van der Waals surface area contributed by atoms with E-state index in [9.17, 15) is 12.8 Å². The number of aliphatic imine (C=N–C) groups is 1. The Labute approximate surface area is 172 Å². The van der Waals surface area contributed by atoms with Gasteiger partial charge in [-0.1, -0.05) is 12.1 Å². The Morgan fingerprint density at radius 2 is 2.04 bits per heavy atom. The molecule has 1 aliphatic carbocycles. The first-order valence-electron chi connectivity index (χ1n) is 8.63. The van der Waals surface area contributed by atoms with Gasteiger partial charge in [-0.3, -0.25) is 4.99 Å². The van der Waals surface area contributed by atoms with E-state index in [0.29, 0.717) is 25.6 Å². The van der Waals surface area contributed by atoms with Gasteiger partial charge in [0.15, 0.2) is 15.8 Å². The molecule has 3 rings (SSSR count). The molecule has 1 N–H and O–H groups in total. The van der Waals surface area contributed by atoms with Crippen molar-refractivity contribution in [3.8, 4) is 0 Å². The van der Waals surface area contributed by atoms with Crippen molar-refractivity contribution >= 4 is 39.8 Å². The SMILES string of the molecule is CN=C(NCC1(c2cccc(F)c2)CC1)N1CCS(=O)(=O)C(C)(C)C1.I. The van der Waals surface area contributed by atoms with Crippen LogP contribution in [-0.2, 0) is 15.3 Å². The van der Waals surface area contributed by atoms with E-state index < -0.39 is 14.6 Å². The maximum atomic E-state index is 13.5. The van der Waals surface area contributed by atoms with Gasteiger partial charge in [0.1, 0.15) is 5.82 Å². The van der Waals surface area contributed by atoms with Crippen LogP contribution < -0.4 is 5.32 Å². The molecule has 2 fully saturated rings. The van der Waals surface area contributed by atoms with Crippen LogP contribution in [-0.4, -0.2) is 56.5 Å². The zero-order chi connectivity index (χ0) is 18.3. The third-order valence-corrected chi connectivity index (χ3v) is 7.96. The minimum Gasteiger partial charge on any atom is -0.355 e. The van der Waals surface area contributed by atoms with Gasteiger partial charge in [-0.05, 0) is 44.4 Å². The van der Waals surface area contributed by atoms with E-state index in [2.05, 4.69) is 10.3 Å². The van der Waals surface area contributed by atoms with Crippen molar-refractivity contribution in [3.63, 3.8) is 0 Å². The summed E-state index contributed by atoms with van der Waals surface area (Å²) in [5.74, 6) is 0.636. The predicted molar refractivity (Wildman–Crippen MR) is 114 cm³/mol. The van der Waals surface area contributed by atoms with E-state index in [1.807, 2.05) is 11.0 Å². The second-order valence-corrected chi connectivity index (χ2v) is 10.4. The van der Waals surface area contributed by atoms with E-state index in [4.69, 9.17) is 0 Å². The lowest BCUT2D eigenvalue weighted by atomic mass is 9.96. The fraction of sp³-hybridized carbons (Fsp3) is 0.611. The van der Waals surface area contributed by atoms with Gasteiger partial charge in [0.25, 0.3) is 0 Å². The summed E-state index contributed by atoms with van der Waals surface area (Å²) in [6.07, 6.45) is 2.03. The zero-order valence-electron chi connectivity index (χ0n) is 15.5.